The molecule has 0 bridgehead atoms. The zero-order valence-corrected chi connectivity index (χ0v) is 14.5. The van der Waals surface area contributed by atoms with Gasteiger partial charge in [-0.3, -0.25) is 18.6 Å². The van der Waals surface area contributed by atoms with E-state index < -0.39 is 0 Å². The highest BCUT2D eigenvalue weighted by molar-refractivity contribution is 8.00. The predicted molar refractivity (Wildman–Crippen MR) is 98.1 cm³/mol. The highest BCUT2D eigenvalue weighted by atomic mass is 32.2. The Labute approximate surface area is 148 Å². The highest BCUT2D eigenvalue weighted by Crippen LogP contribution is 2.31. The zero-order valence-electron chi connectivity index (χ0n) is 13.7. The number of ketones is 1. The fraction of sp³-hybridized carbons (Fsp3) is 0.333. The van der Waals surface area contributed by atoms with Gasteiger partial charge in [0, 0.05) is 13.0 Å². The van der Waals surface area contributed by atoms with Crippen molar-refractivity contribution in [2.75, 3.05) is 0 Å². The Hall–Kier alpha value is -2.41. The minimum Gasteiger partial charge on any atom is -0.298 e. The monoisotopic (exact) mass is 354 g/mol. The molecule has 1 aliphatic rings. The molecule has 1 aliphatic carbocycles. The topological polar surface area (TPSA) is 69.3 Å². The first-order valence-corrected chi connectivity index (χ1v) is 9.25. The van der Waals surface area contributed by atoms with E-state index in [1.807, 2.05) is 22.6 Å². The van der Waals surface area contributed by atoms with Gasteiger partial charge < -0.3 is 0 Å². The molecular formula is C18H18N4O2S. The van der Waals surface area contributed by atoms with E-state index in [9.17, 15) is 9.59 Å². The number of para-hydroxylation sites is 1. The summed E-state index contributed by atoms with van der Waals surface area (Å²) in [5.41, 5.74) is 0.652. The molecule has 1 atom stereocenters. The first-order chi connectivity index (χ1) is 12.2. The van der Waals surface area contributed by atoms with E-state index >= 15 is 0 Å². The molecule has 6 nitrogen and oxygen atoms in total. The number of aromatic nitrogens is 4. The van der Waals surface area contributed by atoms with Crippen LogP contribution in [0.25, 0.3) is 16.7 Å². The lowest BCUT2D eigenvalue weighted by molar-refractivity contribution is -0.119. The summed E-state index contributed by atoms with van der Waals surface area (Å²) >= 11 is 1.45. The van der Waals surface area contributed by atoms with Crippen LogP contribution >= 0.6 is 11.8 Å². The Morgan fingerprint density at radius 1 is 1.24 bits per heavy atom. The van der Waals surface area contributed by atoms with Crippen LogP contribution in [0.2, 0.25) is 0 Å². The van der Waals surface area contributed by atoms with Crippen LogP contribution in [0.4, 0.5) is 0 Å². The standard InChI is InChI=1S/C18H18N4O2S/c1-2-11-21-16(24)12-7-3-4-8-13(12)22-17(21)19-20-18(22)25-15-10-6-5-9-14(15)23/h2-4,7-8,15H,1,5-6,9-11H2/t15-/m1/s1. The second-order valence-electron chi connectivity index (χ2n) is 6.16. The van der Waals surface area contributed by atoms with Crippen molar-refractivity contribution >= 4 is 34.2 Å². The van der Waals surface area contributed by atoms with Crippen LogP contribution in [0.1, 0.15) is 25.7 Å². The van der Waals surface area contributed by atoms with Gasteiger partial charge in [-0.1, -0.05) is 36.4 Å². The van der Waals surface area contributed by atoms with E-state index in [0.717, 1.165) is 24.8 Å². The van der Waals surface area contributed by atoms with Gasteiger partial charge in [0.15, 0.2) is 5.16 Å². The second kappa shape index (κ2) is 6.48. The van der Waals surface area contributed by atoms with Crippen LogP contribution in [-0.2, 0) is 11.3 Å². The lowest BCUT2D eigenvalue weighted by Gasteiger charge is -2.19. The van der Waals surface area contributed by atoms with Gasteiger partial charge in [-0.25, -0.2) is 0 Å². The number of rotatable bonds is 4. The lowest BCUT2D eigenvalue weighted by atomic mass is 9.99. The number of hydrogen-bond donors (Lipinski definition) is 0. The smallest absolute Gasteiger partial charge is 0.263 e. The van der Waals surface area contributed by atoms with E-state index in [4.69, 9.17) is 0 Å². The summed E-state index contributed by atoms with van der Waals surface area (Å²) in [7, 11) is 0. The molecule has 0 unspecified atom stereocenters. The third-order valence-corrected chi connectivity index (χ3v) is 5.79. The van der Waals surface area contributed by atoms with Gasteiger partial charge in [0.1, 0.15) is 5.78 Å². The van der Waals surface area contributed by atoms with Gasteiger partial charge in [-0.2, -0.15) is 0 Å². The molecule has 25 heavy (non-hydrogen) atoms. The molecular weight excluding hydrogens is 336 g/mol. The Bertz CT molecular complexity index is 1040. The van der Waals surface area contributed by atoms with Crippen molar-refractivity contribution < 1.29 is 4.79 Å². The third-order valence-electron chi connectivity index (χ3n) is 4.54. The van der Waals surface area contributed by atoms with Crippen LogP contribution in [-0.4, -0.2) is 30.2 Å². The summed E-state index contributed by atoms with van der Waals surface area (Å²) in [6.45, 7) is 4.09. The number of allylic oxidation sites excluding steroid dienone is 1. The van der Waals surface area contributed by atoms with Crippen molar-refractivity contribution in [3.8, 4) is 0 Å². The lowest BCUT2D eigenvalue weighted by Crippen LogP contribution is -2.23. The van der Waals surface area contributed by atoms with E-state index in [0.29, 0.717) is 29.3 Å². The summed E-state index contributed by atoms with van der Waals surface area (Å²) in [4.78, 5) is 25.0. The fourth-order valence-electron chi connectivity index (χ4n) is 3.31. The molecule has 2 heterocycles. The normalized spacial score (nSPS) is 18.1. The number of fused-ring (bicyclic) bond motifs is 3. The SMILES string of the molecule is C=CCn1c(=O)c2ccccc2n2c(S[C@@H]3CCCCC3=O)nnc12. The summed E-state index contributed by atoms with van der Waals surface area (Å²) in [6.07, 6.45) is 5.20. The number of thioether (sulfide) groups is 1. The van der Waals surface area contributed by atoms with Gasteiger partial charge >= 0.3 is 0 Å². The number of carbonyl (C=O) groups excluding carboxylic acids is 1. The van der Waals surface area contributed by atoms with Gasteiger partial charge in [0.05, 0.1) is 16.2 Å². The van der Waals surface area contributed by atoms with Crippen molar-refractivity contribution in [2.45, 2.75) is 42.6 Å². The molecule has 1 saturated carbocycles. The third kappa shape index (κ3) is 2.68. The maximum Gasteiger partial charge on any atom is 0.263 e. The Morgan fingerprint density at radius 3 is 2.88 bits per heavy atom. The Kier molecular flexibility index (Phi) is 4.17. The number of Topliss-reactive ketones (excluding diaryl/α,β-unsaturated/α-hetero) is 1. The van der Waals surface area contributed by atoms with Crippen LogP contribution in [0.5, 0.6) is 0 Å². The molecule has 0 aliphatic heterocycles. The Morgan fingerprint density at radius 2 is 2.08 bits per heavy atom. The minimum atomic E-state index is -0.110. The number of carbonyl (C=O) groups is 1. The van der Waals surface area contributed by atoms with Crippen molar-refractivity contribution in [2.24, 2.45) is 0 Å². The zero-order chi connectivity index (χ0) is 17.4. The number of benzene rings is 1. The molecule has 2 aromatic heterocycles. The first kappa shape index (κ1) is 16.1. The van der Waals surface area contributed by atoms with Crippen molar-refractivity contribution in [3.63, 3.8) is 0 Å². The number of hydrogen-bond acceptors (Lipinski definition) is 5. The van der Waals surface area contributed by atoms with Crippen LogP contribution in [0, 0.1) is 0 Å². The maximum atomic E-state index is 12.8. The molecule has 7 heteroatoms. The minimum absolute atomic E-state index is 0.0836. The van der Waals surface area contributed by atoms with Crippen LogP contribution in [0.3, 0.4) is 0 Å². The second-order valence-corrected chi connectivity index (χ2v) is 7.33. The summed E-state index contributed by atoms with van der Waals surface area (Å²) in [5, 5.41) is 9.70. The highest BCUT2D eigenvalue weighted by Gasteiger charge is 2.26. The molecule has 0 N–H and O–H groups in total. The molecule has 0 spiro atoms. The van der Waals surface area contributed by atoms with Gasteiger partial charge in [0.25, 0.3) is 5.56 Å². The summed E-state index contributed by atoms with van der Waals surface area (Å²) < 4.78 is 3.45. The van der Waals surface area contributed by atoms with E-state index in [2.05, 4.69) is 16.8 Å². The Balaban J connectivity index is 1.93. The van der Waals surface area contributed by atoms with Crippen LogP contribution < -0.4 is 5.56 Å². The van der Waals surface area contributed by atoms with Gasteiger partial charge in [-0.05, 0) is 25.0 Å². The maximum absolute atomic E-state index is 12.8. The quantitative estimate of drug-likeness (QED) is 0.674. The molecule has 0 amide bonds. The van der Waals surface area contributed by atoms with Crippen molar-refractivity contribution in [1.29, 1.82) is 0 Å². The largest absolute Gasteiger partial charge is 0.298 e. The first-order valence-electron chi connectivity index (χ1n) is 8.37. The number of nitrogens with zero attached hydrogens (tertiary/aromatic N) is 4. The van der Waals surface area contributed by atoms with Gasteiger partial charge in [-0.15, -0.1) is 16.8 Å². The summed E-state index contributed by atoms with van der Waals surface area (Å²) in [6, 6.07) is 7.42. The van der Waals surface area contributed by atoms with Gasteiger partial charge in [0.2, 0.25) is 5.78 Å². The van der Waals surface area contributed by atoms with E-state index in [-0.39, 0.29) is 16.6 Å². The van der Waals surface area contributed by atoms with Crippen molar-refractivity contribution in [3.05, 3.63) is 47.3 Å². The average Bonchev–Trinajstić information content (AvgIpc) is 3.04. The fourth-order valence-corrected chi connectivity index (χ4v) is 4.47. The van der Waals surface area contributed by atoms with E-state index in [1.165, 1.54) is 11.8 Å². The predicted octanol–water partition coefficient (Wildman–Crippen LogP) is 2.83. The van der Waals surface area contributed by atoms with Crippen LogP contribution in [0.15, 0.2) is 46.9 Å². The van der Waals surface area contributed by atoms with Crippen molar-refractivity contribution in [1.82, 2.24) is 19.2 Å². The summed E-state index contributed by atoms with van der Waals surface area (Å²) in [5.74, 6) is 0.756. The molecule has 1 aromatic carbocycles. The van der Waals surface area contributed by atoms with E-state index in [1.54, 1.807) is 16.7 Å². The molecule has 4 rings (SSSR count). The molecule has 3 aromatic rings. The molecule has 0 saturated heterocycles. The molecule has 0 radical (unpaired) electrons. The average molecular weight is 354 g/mol. The molecule has 128 valence electrons. The molecule has 1 fully saturated rings.